The summed E-state index contributed by atoms with van der Waals surface area (Å²) in [5, 5.41) is 2.79. The van der Waals surface area contributed by atoms with Gasteiger partial charge in [0.05, 0.1) is 0 Å². The molecule has 0 unspecified atom stereocenters. The maximum atomic E-state index is 12.0. The molecule has 1 amide bonds. The second-order valence-corrected chi connectivity index (χ2v) is 5.69. The van der Waals surface area contributed by atoms with E-state index in [1.807, 2.05) is 26.0 Å². The van der Waals surface area contributed by atoms with Crippen LogP contribution in [0, 0.1) is 13.8 Å². The molecule has 0 aliphatic carbocycles. The first kappa shape index (κ1) is 15.3. The van der Waals surface area contributed by atoms with Gasteiger partial charge in [0.15, 0.2) is 0 Å². The number of nitrogens with zero attached hydrogens (tertiary/aromatic N) is 1. The van der Waals surface area contributed by atoms with Crippen molar-refractivity contribution in [3.05, 3.63) is 56.4 Å². The monoisotopic (exact) mass is 349 g/mol. The van der Waals surface area contributed by atoms with E-state index < -0.39 is 0 Å². The molecule has 0 radical (unpaired) electrons. The van der Waals surface area contributed by atoms with Gasteiger partial charge in [-0.2, -0.15) is 0 Å². The molecule has 1 aromatic carbocycles. The van der Waals surface area contributed by atoms with Crippen LogP contribution in [0.5, 0.6) is 0 Å². The fourth-order valence-electron chi connectivity index (χ4n) is 2.05. The highest BCUT2D eigenvalue weighted by molar-refractivity contribution is 9.10. The number of nitrogens with one attached hydrogen (secondary N) is 1. The average molecular weight is 350 g/mol. The highest BCUT2D eigenvalue weighted by atomic mass is 79.9. The Balaban J connectivity index is 2.15. The summed E-state index contributed by atoms with van der Waals surface area (Å²) in [5.74, 6) is -0.274. The second-order valence-electron chi connectivity index (χ2n) is 4.90. The lowest BCUT2D eigenvalue weighted by Crippen LogP contribution is -2.27. The molecule has 0 saturated heterocycles. The van der Waals surface area contributed by atoms with Crippen molar-refractivity contribution in [1.29, 1.82) is 0 Å². The van der Waals surface area contributed by atoms with Gasteiger partial charge in [-0.3, -0.25) is 9.59 Å². The number of benzene rings is 1. The molecule has 0 aliphatic heterocycles. The van der Waals surface area contributed by atoms with Crippen LogP contribution < -0.4 is 16.6 Å². The number of carbonyl (C=O) groups is 1. The Bertz CT molecular complexity index is 730. The Morgan fingerprint density at radius 3 is 2.52 bits per heavy atom. The predicted molar refractivity (Wildman–Crippen MR) is 87.4 cm³/mol. The standard InChI is InChI=1S/C15H16BrN3O2/c1-9-5-12(6-10(2)15(9)16)18-13(20)8-19-7-11(17)3-4-14(19)21/h3-7H,8,17H2,1-2H3,(H,18,20). The topological polar surface area (TPSA) is 77.1 Å². The van der Waals surface area contributed by atoms with Crippen molar-refractivity contribution in [2.45, 2.75) is 20.4 Å². The summed E-state index contributed by atoms with van der Waals surface area (Å²) in [7, 11) is 0. The van der Waals surface area contributed by atoms with E-state index in [2.05, 4.69) is 21.2 Å². The first-order valence-electron chi connectivity index (χ1n) is 6.39. The van der Waals surface area contributed by atoms with E-state index in [0.717, 1.165) is 15.6 Å². The molecule has 3 N–H and O–H groups in total. The number of pyridine rings is 1. The molecule has 2 rings (SSSR count). The number of aromatic nitrogens is 1. The zero-order valence-electron chi connectivity index (χ0n) is 11.8. The SMILES string of the molecule is Cc1cc(NC(=O)Cn2cc(N)ccc2=O)cc(C)c1Br. The number of carbonyl (C=O) groups excluding carboxylic acids is 1. The maximum Gasteiger partial charge on any atom is 0.251 e. The lowest BCUT2D eigenvalue weighted by atomic mass is 10.1. The number of hydrogen-bond donors (Lipinski definition) is 2. The van der Waals surface area contributed by atoms with E-state index in [4.69, 9.17) is 5.73 Å². The van der Waals surface area contributed by atoms with Gasteiger partial charge >= 0.3 is 0 Å². The molecular formula is C15H16BrN3O2. The summed E-state index contributed by atoms with van der Waals surface area (Å²) in [5.41, 5.74) is 8.57. The van der Waals surface area contributed by atoms with Crippen LogP contribution in [0.15, 0.2) is 39.7 Å². The normalized spacial score (nSPS) is 10.4. The van der Waals surface area contributed by atoms with Gasteiger partial charge in [-0.05, 0) is 43.2 Å². The van der Waals surface area contributed by atoms with Crippen LogP contribution in [-0.2, 0) is 11.3 Å². The van der Waals surface area contributed by atoms with Crippen molar-refractivity contribution >= 4 is 33.2 Å². The van der Waals surface area contributed by atoms with Gasteiger partial charge in [-0.25, -0.2) is 0 Å². The molecule has 21 heavy (non-hydrogen) atoms. The van der Waals surface area contributed by atoms with Gasteiger partial charge in [-0.1, -0.05) is 15.9 Å². The molecule has 1 aromatic heterocycles. The fraction of sp³-hybridized carbons (Fsp3) is 0.200. The average Bonchev–Trinajstić information content (AvgIpc) is 2.40. The first-order chi connectivity index (χ1) is 9.86. The maximum absolute atomic E-state index is 12.0. The van der Waals surface area contributed by atoms with Gasteiger partial charge in [0.1, 0.15) is 6.54 Å². The molecule has 5 nitrogen and oxygen atoms in total. The van der Waals surface area contributed by atoms with E-state index in [-0.39, 0.29) is 18.0 Å². The molecular weight excluding hydrogens is 334 g/mol. The Hall–Kier alpha value is -2.08. The van der Waals surface area contributed by atoms with Crippen molar-refractivity contribution in [3.8, 4) is 0 Å². The molecule has 0 bridgehead atoms. The number of aryl methyl sites for hydroxylation is 2. The summed E-state index contributed by atoms with van der Waals surface area (Å²) in [6, 6.07) is 6.60. The largest absolute Gasteiger partial charge is 0.398 e. The number of nitrogens with two attached hydrogens (primary N) is 1. The van der Waals surface area contributed by atoms with Crippen LogP contribution in [0.3, 0.4) is 0 Å². The van der Waals surface area contributed by atoms with Crippen LogP contribution in [0.1, 0.15) is 11.1 Å². The summed E-state index contributed by atoms with van der Waals surface area (Å²) in [6.07, 6.45) is 1.46. The Morgan fingerprint density at radius 1 is 1.29 bits per heavy atom. The quantitative estimate of drug-likeness (QED) is 0.893. The Morgan fingerprint density at radius 2 is 1.90 bits per heavy atom. The molecule has 6 heteroatoms. The third kappa shape index (κ3) is 3.72. The van der Waals surface area contributed by atoms with Crippen molar-refractivity contribution < 1.29 is 4.79 Å². The minimum Gasteiger partial charge on any atom is -0.398 e. The Kier molecular flexibility index (Phi) is 4.47. The van der Waals surface area contributed by atoms with E-state index in [9.17, 15) is 9.59 Å². The lowest BCUT2D eigenvalue weighted by Gasteiger charge is -2.11. The van der Waals surface area contributed by atoms with Gasteiger partial charge in [0.2, 0.25) is 5.91 Å². The molecule has 0 spiro atoms. The van der Waals surface area contributed by atoms with Crippen molar-refractivity contribution in [3.63, 3.8) is 0 Å². The summed E-state index contributed by atoms with van der Waals surface area (Å²) in [6.45, 7) is 3.84. The van der Waals surface area contributed by atoms with Crippen LogP contribution in [0.25, 0.3) is 0 Å². The summed E-state index contributed by atoms with van der Waals surface area (Å²) >= 11 is 3.48. The lowest BCUT2D eigenvalue weighted by molar-refractivity contribution is -0.116. The van der Waals surface area contributed by atoms with Crippen LogP contribution >= 0.6 is 15.9 Å². The van der Waals surface area contributed by atoms with Crippen LogP contribution in [0.2, 0.25) is 0 Å². The minimum atomic E-state index is -0.274. The molecule has 0 fully saturated rings. The van der Waals surface area contributed by atoms with Crippen LogP contribution in [0.4, 0.5) is 11.4 Å². The number of hydrogen-bond acceptors (Lipinski definition) is 3. The van der Waals surface area contributed by atoms with Gasteiger partial charge in [0.25, 0.3) is 5.56 Å². The third-order valence-electron chi connectivity index (χ3n) is 3.04. The first-order valence-corrected chi connectivity index (χ1v) is 7.18. The second kappa shape index (κ2) is 6.13. The van der Waals surface area contributed by atoms with Gasteiger partial charge < -0.3 is 15.6 Å². The Labute approximate surface area is 130 Å². The predicted octanol–water partition coefficient (Wildman–Crippen LogP) is 2.45. The van der Waals surface area contributed by atoms with E-state index in [0.29, 0.717) is 11.4 Å². The van der Waals surface area contributed by atoms with Crippen LogP contribution in [-0.4, -0.2) is 10.5 Å². The number of anilines is 2. The number of halogens is 1. The highest BCUT2D eigenvalue weighted by Crippen LogP contribution is 2.24. The number of rotatable bonds is 3. The molecule has 1 heterocycles. The molecule has 0 aliphatic rings. The van der Waals surface area contributed by atoms with E-state index in [1.54, 1.807) is 0 Å². The number of nitrogen functional groups attached to an aromatic ring is 1. The minimum absolute atomic E-state index is 0.0714. The fourth-order valence-corrected chi connectivity index (χ4v) is 2.28. The molecule has 2 aromatic rings. The van der Waals surface area contributed by atoms with Gasteiger partial charge in [0, 0.05) is 28.1 Å². The van der Waals surface area contributed by atoms with Crippen molar-refractivity contribution in [1.82, 2.24) is 4.57 Å². The number of amides is 1. The molecule has 110 valence electrons. The zero-order chi connectivity index (χ0) is 15.6. The summed E-state index contributed by atoms with van der Waals surface area (Å²) in [4.78, 5) is 23.7. The molecule has 0 saturated carbocycles. The molecule has 0 atom stereocenters. The zero-order valence-corrected chi connectivity index (χ0v) is 13.4. The smallest absolute Gasteiger partial charge is 0.251 e. The van der Waals surface area contributed by atoms with E-state index >= 15 is 0 Å². The third-order valence-corrected chi connectivity index (χ3v) is 4.29. The van der Waals surface area contributed by atoms with E-state index in [1.165, 1.54) is 22.9 Å². The van der Waals surface area contributed by atoms with Crippen molar-refractivity contribution in [2.24, 2.45) is 0 Å². The highest BCUT2D eigenvalue weighted by Gasteiger charge is 2.08. The van der Waals surface area contributed by atoms with Gasteiger partial charge in [-0.15, -0.1) is 0 Å². The van der Waals surface area contributed by atoms with Crippen molar-refractivity contribution in [2.75, 3.05) is 11.1 Å². The summed E-state index contributed by atoms with van der Waals surface area (Å²) < 4.78 is 2.30.